The summed E-state index contributed by atoms with van der Waals surface area (Å²) in [6.45, 7) is 3.57. The molecule has 9 heteroatoms. The standard InChI is InChI=1S/C25H28O8S/c1-15(26)30-22-14-29-25(24(32-17(3)28)23(22)31-16(2)27)33-20-9-5-18(6-10-20)13-19-7-11-21(34-4)12-8-19/h5-12,22-25H,13-14H2,1-4H3/t22-,23+,24-,25-/m1/s1. The lowest BCUT2D eigenvalue weighted by molar-refractivity contribution is -0.259. The van der Waals surface area contributed by atoms with Crippen LogP contribution >= 0.6 is 11.8 Å². The Morgan fingerprint density at radius 3 is 1.88 bits per heavy atom. The van der Waals surface area contributed by atoms with Gasteiger partial charge in [-0.05, 0) is 48.1 Å². The first-order valence-electron chi connectivity index (χ1n) is 10.8. The molecular formula is C25H28O8S. The molecular weight excluding hydrogens is 460 g/mol. The number of hydrogen-bond acceptors (Lipinski definition) is 9. The Bertz CT molecular complexity index is 989. The molecule has 0 unspecified atom stereocenters. The van der Waals surface area contributed by atoms with Gasteiger partial charge in [-0.25, -0.2) is 0 Å². The van der Waals surface area contributed by atoms with Crippen LogP contribution in [0.25, 0.3) is 0 Å². The highest BCUT2D eigenvalue weighted by Gasteiger charge is 2.48. The summed E-state index contributed by atoms with van der Waals surface area (Å²) in [4.78, 5) is 36.1. The predicted molar refractivity (Wildman–Crippen MR) is 125 cm³/mol. The highest BCUT2D eigenvalue weighted by atomic mass is 32.2. The molecule has 1 heterocycles. The molecule has 8 nitrogen and oxygen atoms in total. The lowest BCUT2D eigenvalue weighted by Crippen LogP contribution is -2.59. The highest BCUT2D eigenvalue weighted by molar-refractivity contribution is 7.98. The van der Waals surface area contributed by atoms with E-state index in [1.807, 2.05) is 18.4 Å². The molecule has 0 saturated carbocycles. The van der Waals surface area contributed by atoms with Gasteiger partial charge in [-0.3, -0.25) is 14.4 Å². The second kappa shape index (κ2) is 11.9. The summed E-state index contributed by atoms with van der Waals surface area (Å²) in [5, 5.41) is 0. The Morgan fingerprint density at radius 2 is 1.35 bits per heavy atom. The highest BCUT2D eigenvalue weighted by Crippen LogP contribution is 2.27. The van der Waals surface area contributed by atoms with E-state index >= 15 is 0 Å². The first-order valence-corrected chi connectivity index (χ1v) is 12.0. The Labute approximate surface area is 202 Å². The molecule has 0 aromatic heterocycles. The largest absolute Gasteiger partial charge is 0.461 e. The molecule has 0 aliphatic carbocycles. The van der Waals surface area contributed by atoms with Crippen LogP contribution in [0.2, 0.25) is 0 Å². The van der Waals surface area contributed by atoms with Gasteiger partial charge in [0.2, 0.25) is 12.4 Å². The van der Waals surface area contributed by atoms with Crippen molar-refractivity contribution in [1.29, 1.82) is 0 Å². The van der Waals surface area contributed by atoms with Gasteiger partial charge in [0.05, 0.1) is 6.61 Å². The van der Waals surface area contributed by atoms with Crippen molar-refractivity contribution in [3.05, 3.63) is 59.7 Å². The van der Waals surface area contributed by atoms with Gasteiger partial charge in [0, 0.05) is 25.7 Å². The van der Waals surface area contributed by atoms with Crippen molar-refractivity contribution >= 4 is 29.7 Å². The topological polar surface area (TPSA) is 97.4 Å². The zero-order valence-corrected chi connectivity index (χ0v) is 20.3. The van der Waals surface area contributed by atoms with E-state index in [1.165, 1.54) is 31.2 Å². The van der Waals surface area contributed by atoms with E-state index in [0.717, 1.165) is 12.0 Å². The van der Waals surface area contributed by atoms with Crippen LogP contribution in [-0.4, -0.2) is 55.4 Å². The number of thioether (sulfide) groups is 1. The van der Waals surface area contributed by atoms with Gasteiger partial charge in [0.15, 0.2) is 12.2 Å². The van der Waals surface area contributed by atoms with Crippen molar-refractivity contribution < 1.29 is 38.1 Å². The number of carbonyl (C=O) groups is 3. The SMILES string of the molecule is CSc1ccc(Cc2ccc(O[C@H]3OC[C@@H](OC(C)=O)[C@H](OC(C)=O)[C@H]3OC(C)=O)cc2)cc1. The third-order valence-corrected chi connectivity index (χ3v) is 5.79. The van der Waals surface area contributed by atoms with Crippen LogP contribution < -0.4 is 4.74 Å². The van der Waals surface area contributed by atoms with E-state index in [-0.39, 0.29) is 6.61 Å². The molecule has 0 spiro atoms. The lowest BCUT2D eigenvalue weighted by atomic mass is 10.0. The average Bonchev–Trinajstić information content (AvgIpc) is 2.78. The number of rotatable bonds is 8. The van der Waals surface area contributed by atoms with Crippen molar-refractivity contribution in [3.63, 3.8) is 0 Å². The summed E-state index contributed by atoms with van der Waals surface area (Å²) in [5.41, 5.74) is 2.29. The molecule has 1 saturated heterocycles. The fourth-order valence-electron chi connectivity index (χ4n) is 3.61. The fourth-order valence-corrected chi connectivity index (χ4v) is 4.02. The molecule has 4 atom stereocenters. The van der Waals surface area contributed by atoms with Crippen LogP contribution in [0.4, 0.5) is 0 Å². The zero-order chi connectivity index (χ0) is 24.7. The third-order valence-electron chi connectivity index (χ3n) is 5.05. The van der Waals surface area contributed by atoms with Crippen LogP contribution in [-0.2, 0) is 39.8 Å². The van der Waals surface area contributed by atoms with E-state index in [9.17, 15) is 14.4 Å². The first-order chi connectivity index (χ1) is 16.2. The number of esters is 3. The molecule has 2 aromatic rings. The van der Waals surface area contributed by atoms with Crippen LogP contribution in [0, 0.1) is 0 Å². The van der Waals surface area contributed by atoms with Gasteiger partial charge in [-0.15, -0.1) is 11.8 Å². The van der Waals surface area contributed by atoms with Crippen LogP contribution in [0.1, 0.15) is 31.9 Å². The lowest BCUT2D eigenvalue weighted by Gasteiger charge is -2.40. The summed E-state index contributed by atoms with van der Waals surface area (Å²) >= 11 is 1.70. The number of hydrogen-bond donors (Lipinski definition) is 0. The minimum Gasteiger partial charge on any atom is -0.461 e. The minimum absolute atomic E-state index is 0.0932. The van der Waals surface area contributed by atoms with E-state index in [4.69, 9.17) is 23.7 Å². The number of ether oxygens (including phenoxy) is 5. The molecule has 1 aliphatic rings. The van der Waals surface area contributed by atoms with Crippen LogP contribution in [0.15, 0.2) is 53.4 Å². The Morgan fingerprint density at radius 1 is 0.824 bits per heavy atom. The van der Waals surface area contributed by atoms with Gasteiger partial charge in [-0.1, -0.05) is 24.3 Å². The molecule has 34 heavy (non-hydrogen) atoms. The van der Waals surface area contributed by atoms with Gasteiger partial charge < -0.3 is 23.7 Å². The molecule has 1 aliphatic heterocycles. The number of benzene rings is 2. The van der Waals surface area contributed by atoms with Crippen molar-refractivity contribution in [1.82, 2.24) is 0 Å². The zero-order valence-electron chi connectivity index (χ0n) is 19.5. The summed E-state index contributed by atoms with van der Waals surface area (Å²) in [6, 6.07) is 15.8. The second-order valence-electron chi connectivity index (χ2n) is 7.78. The van der Waals surface area contributed by atoms with E-state index < -0.39 is 42.5 Å². The third kappa shape index (κ3) is 7.23. The summed E-state index contributed by atoms with van der Waals surface area (Å²) in [7, 11) is 0. The summed E-state index contributed by atoms with van der Waals surface area (Å²) < 4.78 is 27.5. The molecule has 0 bridgehead atoms. The molecule has 182 valence electrons. The van der Waals surface area contributed by atoms with Gasteiger partial charge in [0.25, 0.3) is 0 Å². The first kappa shape index (κ1) is 25.6. The van der Waals surface area contributed by atoms with Crippen molar-refractivity contribution in [2.45, 2.75) is 56.7 Å². The maximum atomic E-state index is 11.7. The van der Waals surface area contributed by atoms with Crippen molar-refractivity contribution in [3.8, 4) is 5.75 Å². The molecule has 0 amide bonds. The molecule has 0 radical (unpaired) electrons. The second-order valence-corrected chi connectivity index (χ2v) is 8.66. The summed E-state index contributed by atoms with van der Waals surface area (Å²) in [5.74, 6) is -1.33. The fraction of sp³-hybridized carbons (Fsp3) is 0.400. The minimum atomic E-state index is -1.13. The van der Waals surface area contributed by atoms with Crippen molar-refractivity contribution in [2.24, 2.45) is 0 Å². The monoisotopic (exact) mass is 488 g/mol. The van der Waals surface area contributed by atoms with Gasteiger partial charge >= 0.3 is 17.9 Å². The number of carbonyl (C=O) groups excluding carboxylic acids is 3. The molecule has 0 N–H and O–H groups in total. The predicted octanol–water partition coefficient (Wildman–Crippen LogP) is 3.53. The van der Waals surface area contributed by atoms with Crippen molar-refractivity contribution in [2.75, 3.05) is 12.9 Å². The van der Waals surface area contributed by atoms with E-state index in [2.05, 4.69) is 24.3 Å². The average molecular weight is 489 g/mol. The molecule has 3 rings (SSSR count). The summed E-state index contributed by atoms with van der Waals surface area (Å²) in [6.07, 6.45) is -1.40. The smallest absolute Gasteiger partial charge is 0.303 e. The van der Waals surface area contributed by atoms with Gasteiger partial charge in [-0.2, -0.15) is 0 Å². The maximum absolute atomic E-state index is 11.7. The molecule has 1 fully saturated rings. The maximum Gasteiger partial charge on any atom is 0.303 e. The van der Waals surface area contributed by atoms with Gasteiger partial charge in [0.1, 0.15) is 5.75 Å². The van der Waals surface area contributed by atoms with Crippen LogP contribution in [0.5, 0.6) is 5.75 Å². The van der Waals surface area contributed by atoms with E-state index in [1.54, 1.807) is 23.9 Å². The van der Waals surface area contributed by atoms with Crippen LogP contribution in [0.3, 0.4) is 0 Å². The normalized spacial score (nSPS) is 21.9. The Balaban J connectivity index is 1.73. The quantitative estimate of drug-likeness (QED) is 0.314. The Kier molecular flexibility index (Phi) is 8.95. The Hall–Kier alpha value is -3.04. The van der Waals surface area contributed by atoms with E-state index in [0.29, 0.717) is 5.75 Å². The molecule has 2 aromatic carbocycles.